The first-order valence-electron chi connectivity index (χ1n) is 12.5. The minimum absolute atomic E-state index is 0.206. The molecule has 2 aliphatic rings. The van der Waals surface area contributed by atoms with Crippen LogP contribution in [0.3, 0.4) is 0 Å². The fourth-order valence-electron chi connectivity index (χ4n) is 5.33. The quantitative estimate of drug-likeness (QED) is 0.359. The van der Waals surface area contributed by atoms with Gasteiger partial charge in [-0.1, -0.05) is 56.4 Å². The average Bonchev–Trinajstić information content (AvgIpc) is 3.24. The van der Waals surface area contributed by atoms with Crippen molar-refractivity contribution < 1.29 is 32.6 Å². The molecule has 0 aliphatic heterocycles. The Hall–Kier alpha value is -3.14. The number of carbonyl (C=O) groups is 2. The first-order chi connectivity index (χ1) is 17.7. The van der Waals surface area contributed by atoms with E-state index in [1.165, 1.54) is 23.8 Å². The van der Waals surface area contributed by atoms with Gasteiger partial charge in [0.2, 0.25) is 0 Å². The van der Waals surface area contributed by atoms with E-state index in [0.717, 1.165) is 36.3 Å². The van der Waals surface area contributed by atoms with Crippen molar-refractivity contribution in [3.63, 3.8) is 0 Å². The number of carbonyl (C=O) groups excluding carboxylic acids is 1. The van der Waals surface area contributed by atoms with E-state index in [4.69, 9.17) is 10.1 Å². The van der Waals surface area contributed by atoms with E-state index in [-0.39, 0.29) is 22.7 Å². The van der Waals surface area contributed by atoms with Crippen LogP contribution in [0.1, 0.15) is 60.4 Å². The van der Waals surface area contributed by atoms with Crippen molar-refractivity contribution in [2.24, 2.45) is 11.8 Å². The molecule has 1 aromatic heterocycles. The molecule has 0 bridgehead atoms. The fourth-order valence-corrected chi connectivity index (χ4v) is 6.37. The van der Waals surface area contributed by atoms with Crippen LogP contribution < -0.4 is 10.1 Å². The van der Waals surface area contributed by atoms with Gasteiger partial charge in [0.1, 0.15) is 5.75 Å². The Morgan fingerprint density at radius 1 is 1.05 bits per heavy atom. The second-order valence-electron chi connectivity index (χ2n) is 9.88. The zero-order valence-corrected chi connectivity index (χ0v) is 20.8. The first-order valence-corrected chi connectivity index (χ1v) is 13.3. The molecular weight excluding hydrogens is 505 g/mol. The lowest BCUT2D eigenvalue weighted by Gasteiger charge is -2.32. The minimum atomic E-state index is -4.81. The van der Waals surface area contributed by atoms with E-state index in [2.05, 4.69) is 10.1 Å². The predicted molar refractivity (Wildman–Crippen MR) is 134 cm³/mol. The lowest BCUT2D eigenvalue weighted by atomic mass is 9.80. The van der Waals surface area contributed by atoms with Crippen molar-refractivity contribution in [3.8, 4) is 16.2 Å². The SMILES string of the molecule is O=C(N[C@H]1C[C@H](C(=O)O)C1)c1nc(CC2CCCCC2)c(-c2ccc(OC(F)(F)F)c3ccccc23)s1. The van der Waals surface area contributed by atoms with Crippen molar-refractivity contribution in [1.29, 1.82) is 0 Å². The van der Waals surface area contributed by atoms with Gasteiger partial charge < -0.3 is 15.2 Å². The van der Waals surface area contributed by atoms with Crippen molar-refractivity contribution in [3.05, 3.63) is 47.1 Å². The summed E-state index contributed by atoms with van der Waals surface area (Å²) in [6, 6.07) is 9.47. The lowest BCUT2D eigenvalue weighted by Crippen LogP contribution is -2.46. The Bertz CT molecular complexity index is 1310. The van der Waals surface area contributed by atoms with Gasteiger partial charge in [0.15, 0.2) is 5.01 Å². The molecule has 2 aromatic carbocycles. The van der Waals surface area contributed by atoms with Gasteiger partial charge in [-0.15, -0.1) is 24.5 Å². The van der Waals surface area contributed by atoms with Crippen molar-refractivity contribution in [2.75, 3.05) is 0 Å². The predicted octanol–water partition coefficient (Wildman–Crippen LogP) is 6.58. The molecule has 3 aromatic rings. The third kappa shape index (κ3) is 5.74. The molecule has 1 amide bonds. The largest absolute Gasteiger partial charge is 0.573 e. The number of ether oxygens (including phenoxy) is 1. The van der Waals surface area contributed by atoms with E-state index in [9.17, 15) is 22.8 Å². The van der Waals surface area contributed by atoms with Gasteiger partial charge in [-0.3, -0.25) is 9.59 Å². The molecule has 0 atom stereocenters. The number of hydrogen-bond acceptors (Lipinski definition) is 5. The molecule has 196 valence electrons. The third-order valence-electron chi connectivity index (χ3n) is 7.28. The number of fused-ring (bicyclic) bond motifs is 1. The molecule has 10 heteroatoms. The smallest absolute Gasteiger partial charge is 0.481 e. The Balaban J connectivity index is 1.49. The molecule has 37 heavy (non-hydrogen) atoms. The van der Waals surface area contributed by atoms with Crippen LogP contribution in [0, 0.1) is 11.8 Å². The highest BCUT2D eigenvalue weighted by Gasteiger charge is 2.36. The number of halogens is 3. The van der Waals surface area contributed by atoms with Crippen LogP contribution in [0.5, 0.6) is 5.75 Å². The number of carboxylic acid groups (broad SMARTS) is 1. The zero-order chi connectivity index (χ0) is 26.2. The van der Waals surface area contributed by atoms with Gasteiger partial charge >= 0.3 is 12.3 Å². The monoisotopic (exact) mass is 532 g/mol. The van der Waals surface area contributed by atoms with Gasteiger partial charge in [-0.05, 0) is 42.7 Å². The summed E-state index contributed by atoms with van der Waals surface area (Å²) in [6.45, 7) is 0. The number of rotatable bonds is 7. The molecule has 0 unspecified atom stereocenters. The fraction of sp³-hybridized carbons (Fsp3) is 0.444. The molecule has 0 spiro atoms. The summed E-state index contributed by atoms with van der Waals surface area (Å²) in [5, 5.41) is 13.2. The lowest BCUT2D eigenvalue weighted by molar-refractivity contribution is -0.274. The Labute approximate surface area is 215 Å². The highest BCUT2D eigenvalue weighted by molar-refractivity contribution is 7.17. The molecule has 2 fully saturated rings. The summed E-state index contributed by atoms with van der Waals surface area (Å²) in [4.78, 5) is 29.6. The standard InChI is InChI=1S/C27H27F3N2O4S/c28-27(29,30)36-22-11-10-20(18-8-4-5-9-19(18)22)23-21(12-15-6-2-1-3-7-15)32-25(37-23)24(33)31-17-13-16(14-17)26(34)35/h4-5,8-11,15-17H,1-3,6-7,12-14H2,(H,31,33)(H,34,35)/t16-,17-. The second kappa shape index (κ2) is 10.3. The molecule has 0 radical (unpaired) electrons. The Kier molecular flexibility index (Phi) is 7.11. The number of carboxylic acids is 1. The number of alkyl halides is 3. The van der Waals surface area contributed by atoms with Crippen LogP contribution in [-0.4, -0.2) is 34.4 Å². The minimum Gasteiger partial charge on any atom is -0.481 e. The number of nitrogens with one attached hydrogen (secondary N) is 1. The van der Waals surface area contributed by atoms with Crippen LogP contribution in [0.15, 0.2) is 36.4 Å². The van der Waals surface area contributed by atoms with E-state index in [1.807, 2.05) is 0 Å². The number of benzene rings is 2. The van der Waals surface area contributed by atoms with Crippen LogP contribution in [0.4, 0.5) is 13.2 Å². The molecule has 6 nitrogen and oxygen atoms in total. The van der Waals surface area contributed by atoms with Gasteiger partial charge in [-0.2, -0.15) is 0 Å². The maximum atomic E-state index is 13.0. The molecule has 0 saturated heterocycles. The van der Waals surface area contributed by atoms with Crippen molar-refractivity contribution in [2.45, 2.75) is 63.8 Å². The summed E-state index contributed by atoms with van der Waals surface area (Å²) in [6.07, 6.45) is 2.32. The molecule has 2 N–H and O–H groups in total. The number of nitrogens with zero attached hydrogens (tertiary/aromatic N) is 1. The van der Waals surface area contributed by atoms with E-state index in [1.54, 1.807) is 30.3 Å². The number of amides is 1. The molecule has 2 aliphatic carbocycles. The van der Waals surface area contributed by atoms with Crippen molar-refractivity contribution >= 4 is 34.0 Å². The summed E-state index contributed by atoms with van der Waals surface area (Å²) in [5.74, 6) is -1.49. The van der Waals surface area contributed by atoms with Gasteiger partial charge in [0.25, 0.3) is 5.91 Å². The Morgan fingerprint density at radius 3 is 2.43 bits per heavy atom. The summed E-state index contributed by atoms with van der Waals surface area (Å²) in [7, 11) is 0. The molecule has 1 heterocycles. The third-order valence-corrected chi connectivity index (χ3v) is 8.40. The second-order valence-corrected chi connectivity index (χ2v) is 10.9. The van der Waals surface area contributed by atoms with Crippen LogP contribution in [0.2, 0.25) is 0 Å². The highest BCUT2D eigenvalue weighted by atomic mass is 32.1. The van der Waals surface area contributed by atoms with Gasteiger partial charge in [-0.25, -0.2) is 4.98 Å². The van der Waals surface area contributed by atoms with E-state index in [0.29, 0.717) is 41.5 Å². The molecule has 5 rings (SSSR count). The first kappa shape index (κ1) is 25.5. The number of hydrogen-bond donors (Lipinski definition) is 2. The number of aromatic nitrogens is 1. The zero-order valence-electron chi connectivity index (χ0n) is 20.0. The average molecular weight is 533 g/mol. The summed E-state index contributed by atoms with van der Waals surface area (Å²) in [5.41, 5.74) is 1.48. The van der Waals surface area contributed by atoms with E-state index >= 15 is 0 Å². The normalized spacial score (nSPS) is 20.4. The summed E-state index contributed by atoms with van der Waals surface area (Å²) >= 11 is 1.22. The molecule has 2 saturated carbocycles. The number of aliphatic carboxylic acids is 1. The van der Waals surface area contributed by atoms with Crippen LogP contribution in [-0.2, 0) is 11.2 Å². The van der Waals surface area contributed by atoms with Gasteiger partial charge in [0, 0.05) is 17.0 Å². The van der Waals surface area contributed by atoms with E-state index < -0.39 is 18.2 Å². The molecular formula is C27H27F3N2O4S. The summed E-state index contributed by atoms with van der Waals surface area (Å²) < 4.78 is 43.3. The highest BCUT2D eigenvalue weighted by Crippen LogP contribution is 2.42. The number of thiazole rings is 1. The Morgan fingerprint density at radius 2 is 1.76 bits per heavy atom. The van der Waals surface area contributed by atoms with Crippen molar-refractivity contribution in [1.82, 2.24) is 10.3 Å². The van der Waals surface area contributed by atoms with Crippen LogP contribution in [0.25, 0.3) is 21.2 Å². The maximum Gasteiger partial charge on any atom is 0.573 e. The topological polar surface area (TPSA) is 88.5 Å². The van der Waals surface area contributed by atoms with Gasteiger partial charge in [0.05, 0.1) is 16.5 Å². The maximum absolute atomic E-state index is 13.0. The van der Waals surface area contributed by atoms with Crippen LogP contribution >= 0.6 is 11.3 Å².